The molecule has 1 aliphatic carbocycles. The zero-order valence-corrected chi connectivity index (χ0v) is 14.6. The fraction of sp³-hybridized carbons (Fsp3) is 0.778. The molecular weight excluding hydrogens is 260 g/mol. The van der Waals surface area contributed by atoms with Crippen LogP contribution in [0.15, 0.2) is 10.5 Å². The number of nitrogens with one attached hydrogen (secondary N) is 1. The summed E-state index contributed by atoms with van der Waals surface area (Å²) < 4.78 is 5.67. The fourth-order valence-corrected chi connectivity index (χ4v) is 3.89. The summed E-state index contributed by atoms with van der Waals surface area (Å²) in [5.41, 5.74) is 1.60. The lowest BCUT2D eigenvalue weighted by atomic mass is 9.75. The lowest BCUT2D eigenvalue weighted by Crippen LogP contribution is -2.54. The van der Waals surface area contributed by atoms with Crippen LogP contribution >= 0.6 is 0 Å². The molecule has 21 heavy (non-hydrogen) atoms. The molecule has 3 unspecified atom stereocenters. The molecule has 3 atom stereocenters. The standard InChI is InChI=1S/C18H32N2O/c1-13-8-7-9-18(11-13,20(5)6)12-19-15(3)17-10-14(2)21-16(17)4/h10,13,15,19H,7-9,11-12H2,1-6H3. The molecule has 1 aromatic heterocycles. The average molecular weight is 292 g/mol. The molecule has 1 heterocycles. The minimum absolute atomic E-state index is 0.304. The second-order valence-electron chi connectivity index (χ2n) is 7.29. The molecule has 1 aromatic rings. The molecule has 120 valence electrons. The molecule has 3 nitrogen and oxygen atoms in total. The maximum absolute atomic E-state index is 5.67. The molecule has 1 saturated carbocycles. The van der Waals surface area contributed by atoms with E-state index in [0.717, 1.165) is 24.0 Å². The Morgan fingerprint density at radius 1 is 1.43 bits per heavy atom. The summed E-state index contributed by atoms with van der Waals surface area (Å²) in [5, 5.41) is 3.76. The smallest absolute Gasteiger partial charge is 0.105 e. The third-order valence-electron chi connectivity index (χ3n) is 5.30. The van der Waals surface area contributed by atoms with E-state index >= 15 is 0 Å². The molecule has 0 saturated heterocycles. The lowest BCUT2D eigenvalue weighted by Gasteiger charge is -2.46. The highest BCUT2D eigenvalue weighted by atomic mass is 16.3. The molecular formula is C18H32N2O. The number of hydrogen-bond acceptors (Lipinski definition) is 3. The van der Waals surface area contributed by atoms with E-state index in [2.05, 4.69) is 51.1 Å². The van der Waals surface area contributed by atoms with E-state index in [-0.39, 0.29) is 0 Å². The van der Waals surface area contributed by atoms with Crippen molar-refractivity contribution in [1.82, 2.24) is 10.2 Å². The summed E-state index contributed by atoms with van der Waals surface area (Å²) in [6, 6.07) is 2.51. The SMILES string of the molecule is Cc1cc(C(C)NCC2(N(C)C)CCCC(C)C2)c(C)o1. The molecule has 0 spiro atoms. The van der Waals surface area contributed by atoms with Crippen molar-refractivity contribution in [2.24, 2.45) is 5.92 Å². The van der Waals surface area contributed by atoms with Crippen molar-refractivity contribution >= 4 is 0 Å². The van der Waals surface area contributed by atoms with Gasteiger partial charge in [-0.05, 0) is 59.7 Å². The van der Waals surface area contributed by atoms with Gasteiger partial charge in [0.25, 0.3) is 0 Å². The molecule has 1 aliphatic rings. The highest BCUT2D eigenvalue weighted by Gasteiger charge is 2.37. The van der Waals surface area contributed by atoms with Crippen LogP contribution in [-0.4, -0.2) is 31.1 Å². The van der Waals surface area contributed by atoms with Gasteiger partial charge in [0.15, 0.2) is 0 Å². The summed E-state index contributed by atoms with van der Waals surface area (Å²) >= 11 is 0. The normalized spacial score (nSPS) is 28.0. The molecule has 0 amide bonds. The Labute approximate surface area is 130 Å². The maximum atomic E-state index is 5.67. The first-order chi connectivity index (χ1) is 9.84. The Morgan fingerprint density at radius 3 is 2.67 bits per heavy atom. The van der Waals surface area contributed by atoms with Crippen molar-refractivity contribution in [2.75, 3.05) is 20.6 Å². The van der Waals surface area contributed by atoms with Gasteiger partial charge in [-0.3, -0.25) is 0 Å². The van der Waals surface area contributed by atoms with E-state index in [9.17, 15) is 0 Å². The van der Waals surface area contributed by atoms with E-state index in [1.54, 1.807) is 0 Å². The molecule has 3 heteroatoms. The van der Waals surface area contributed by atoms with Gasteiger partial charge in [0, 0.05) is 23.7 Å². The Balaban J connectivity index is 2.03. The maximum Gasteiger partial charge on any atom is 0.105 e. The predicted molar refractivity (Wildman–Crippen MR) is 88.6 cm³/mol. The molecule has 1 fully saturated rings. The first kappa shape index (κ1) is 16.6. The molecule has 0 aliphatic heterocycles. The van der Waals surface area contributed by atoms with Crippen molar-refractivity contribution in [1.29, 1.82) is 0 Å². The average Bonchev–Trinajstić information content (AvgIpc) is 2.75. The number of nitrogens with zero attached hydrogens (tertiary/aromatic N) is 1. The van der Waals surface area contributed by atoms with Crippen LogP contribution in [0.25, 0.3) is 0 Å². The van der Waals surface area contributed by atoms with Crippen LogP contribution in [0.4, 0.5) is 0 Å². The monoisotopic (exact) mass is 292 g/mol. The molecule has 0 radical (unpaired) electrons. The number of rotatable bonds is 5. The van der Waals surface area contributed by atoms with Crippen LogP contribution in [0.5, 0.6) is 0 Å². The van der Waals surface area contributed by atoms with Crippen LogP contribution < -0.4 is 5.32 Å². The van der Waals surface area contributed by atoms with E-state index < -0.39 is 0 Å². The third kappa shape index (κ3) is 3.70. The topological polar surface area (TPSA) is 28.4 Å². The molecule has 0 bridgehead atoms. The van der Waals surface area contributed by atoms with Gasteiger partial charge in [-0.1, -0.05) is 19.8 Å². The van der Waals surface area contributed by atoms with Crippen LogP contribution in [0, 0.1) is 19.8 Å². The summed E-state index contributed by atoms with van der Waals surface area (Å²) in [6.07, 6.45) is 5.32. The molecule has 1 N–H and O–H groups in total. The van der Waals surface area contributed by atoms with Crippen molar-refractivity contribution in [3.8, 4) is 0 Å². The van der Waals surface area contributed by atoms with E-state index in [0.29, 0.717) is 11.6 Å². The Bertz CT molecular complexity index is 466. The predicted octanol–water partition coefficient (Wildman–Crippen LogP) is 4.06. The van der Waals surface area contributed by atoms with Crippen molar-refractivity contribution in [3.63, 3.8) is 0 Å². The van der Waals surface area contributed by atoms with Crippen molar-refractivity contribution in [3.05, 3.63) is 23.2 Å². The summed E-state index contributed by atoms with van der Waals surface area (Å²) in [4.78, 5) is 2.44. The highest BCUT2D eigenvalue weighted by molar-refractivity contribution is 5.23. The van der Waals surface area contributed by atoms with Gasteiger partial charge in [0.1, 0.15) is 11.5 Å². The zero-order valence-electron chi connectivity index (χ0n) is 14.6. The van der Waals surface area contributed by atoms with E-state index in [1.165, 1.54) is 31.2 Å². The van der Waals surface area contributed by atoms with Gasteiger partial charge in [0.2, 0.25) is 0 Å². The second-order valence-corrected chi connectivity index (χ2v) is 7.29. The molecule has 2 rings (SSSR count). The Morgan fingerprint density at radius 2 is 2.14 bits per heavy atom. The van der Waals surface area contributed by atoms with Gasteiger partial charge in [-0.25, -0.2) is 0 Å². The number of furan rings is 1. The minimum Gasteiger partial charge on any atom is -0.466 e. The van der Waals surface area contributed by atoms with Crippen LogP contribution in [0.3, 0.4) is 0 Å². The first-order valence-corrected chi connectivity index (χ1v) is 8.32. The van der Waals surface area contributed by atoms with E-state index in [4.69, 9.17) is 4.42 Å². The quantitative estimate of drug-likeness (QED) is 0.887. The van der Waals surface area contributed by atoms with Gasteiger partial charge >= 0.3 is 0 Å². The third-order valence-corrected chi connectivity index (χ3v) is 5.30. The number of hydrogen-bond donors (Lipinski definition) is 1. The number of aryl methyl sites for hydroxylation is 2. The second kappa shape index (κ2) is 6.53. The summed E-state index contributed by atoms with van der Waals surface area (Å²) in [6.45, 7) is 9.77. The Kier molecular flexibility index (Phi) is 5.15. The highest BCUT2D eigenvalue weighted by Crippen LogP contribution is 2.35. The fourth-order valence-electron chi connectivity index (χ4n) is 3.89. The van der Waals surface area contributed by atoms with Crippen molar-refractivity contribution in [2.45, 2.75) is 65.0 Å². The first-order valence-electron chi connectivity index (χ1n) is 8.32. The van der Waals surface area contributed by atoms with Crippen LogP contribution in [-0.2, 0) is 0 Å². The van der Waals surface area contributed by atoms with Crippen LogP contribution in [0.2, 0.25) is 0 Å². The van der Waals surface area contributed by atoms with Gasteiger partial charge in [-0.2, -0.15) is 0 Å². The zero-order chi connectivity index (χ0) is 15.6. The lowest BCUT2D eigenvalue weighted by molar-refractivity contribution is 0.0727. The summed E-state index contributed by atoms with van der Waals surface area (Å²) in [7, 11) is 4.47. The van der Waals surface area contributed by atoms with Gasteiger partial charge in [0.05, 0.1) is 0 Å². The minimum atomic E-state index is 0.304. The van der Waals surface area contributed by atoms with Gasteiger partial charge in [-0.15, -0.1) is 0 Å². The Hall–Kier alpha value is -0.800. The molecule has 0 aromatic carbocycles. The van der Waals surface area contributed by atoms with Crippen LogP contribution in [0.1, 0.15) is 62.7 Å². The van der Waals surface area contributed by atoms with Gasteiger partial charge < -0.3 is 14.6 Å². The summed E-state index contributed by atoms with van der Waals surface area (Å²) in [5.74, 6) is 2.88. The van der Waals surface area contributed by atoms with Crippen molar-refractivity contribution < 1.29 is 4.42 Å². The number of likely N-dealkylation sites (N-methyl/N-ethyl adjacent to an activating group) is 1. The van der Waals surface area contributed by atoms with E-state index in [1.807, 2.05) is 6.92 Å². The largest absolute Gasteiger partial charge is 0.466 e.